The highest BCUT2D eigenvalue weighted by Gasteiger charge is 2.29. The molecule has 0 aliphatic heterocycles. The van der Waals surface area contributed by atoms with Crippen LogP contribution in [0.2, 0.25) is 0 Å². The van der Waals surface area contributed by atoms with Crippen molar-refractivity contribution < 1.29 is 38.9 Å². The maximum atomic E-state index is 12.4. The second-order valence-corrected chi connectivity index (χ2v) is 7.76. The molecule has 2 amide bonds. The van der Waals surface area contributed by atoms with Crippen LogP contribution in [0.3, 0.4) is 0 Å². The molecule has 0 unspecified atom stereocenters. The SMILES string of the molecule is CCCCCCC(=O)N[C@H](CCC(N)=O)C(=O)O[C@H](CSC[C@H](N)C(=O)O)C(=O)O. The molecule has 0 saturated heterocycles. The molecule has 11 nitrogen and oxygen atoms in total. The van der Waals surface area contributed by atoms with Crippen LogP contribution in [-0.4, -0.2) is 69.6 Å². The highest BCUT2D eigenvalue weighted by Crippen LogP contribution is 2.11. The normalized spacial score (nSPS) is 13.7. The fourth-order valence-corrected chi connectivity index (χ4v) is 3.22. The van der Waals surface area contributed by atoms with Gasteiger partial charge in [-0.25, -0.2) is 9.59 Å². The minimum atomic E-state index is -1.57. The molecule has 0 bridgehead atoms. The molecule has 0 heterocycles. The lowest BCUT2D eigenvalue weighted by Gasteiger charge is -2.20. The van der Waals surface area contributed by atoms with E-state index in [2.05, 4.69) is 5.32 Å². The zero-order valence-electron chi connectivity index (χ0n) is 17.0. The Morgan fingerprint density at radius 3 is 2.20 bits per heavy atom. The van der Waals surface area contributed by atoms with Gasteiger partial charge in [-0.3, -0.25) is 14.4 Å². The predicted octanol–water partition coefficient (Wildman–Crippen LogP) is -0.151. The van der Waals surface area contributed by atoms with Crippen LogP contribution in [0.25, 0.3) is 0 Å². The fourth-order valence-electron chi connectivity index (χ4n) is 2.27. The summed E-state index contributed by atoms with van der Waals surface area (Å²) in [4.78, 5) is 57.6. The number of amides is 2. The van der Waals surface area contributed by atoms with E-state index in [0.29, 0.717) is 6.42 Å². The Kier molecular flexibility index (Phi) is 14.3. The molecule has 0 aliphatic carbocycles. The number of carboxylic acids is 2. The second kappa shape index (κ2) is 15.5. The van der Waals surface area contributed by atoms with E-state index in [4.69, 9.17) is 21.3 Å². The summed E-state index contributed by atoms with van der Waals surface area (Å²) in [5.74, 6) is -5.07. The third-order valence-electron chi connectivity index (χ3n) is 3.97. The summed E-state index contributed by atoms with van der Waals surface area (Å²) in [6.07, 6.45) is 1.76. The standard InChI is InChI=1S/C18H31N3O8S/c1-2-3-4-5-6-15(23)21-12(7-8-14(20)22)18(28)29-13(17(26)27)10-30-9-11(19)16(24)25/h11-13H,2-10,19H2,1H3,(H2,20,22)(H,21,23)(H,24,25)(H,26,27)/t11-,12+,13+/m0/s1. The molecular formula is C18H31N3O8S. The molecule has 0 aromatic heterocycles. The molecule has 12 heteroatoms. The molecular weight excluding hydrogens is 418 g/mol. The molecule has 0 aromatic rings. The largest absolute Gasteiger partial charge is 0.480 e. The van der Waals surface area contributed by atoms with Crippen LogP contribution in [0, 0.1) is 0 Å². The number of nitrogens with one attached hydrogen (secondary N) is 1. The van der Waals surface area contributed by atoms with E-state index in [0.717, 1.165) is 31.0 Å². The number of carbonyl (C=O) groups excluding carboxylic acids is 3. The lowest BCUT2D eigenvalue weighted by Crippen LogP contribution is -2.45. The molecule has 0 radical (unpaired) electrons. The lowest BCUT2D eigenvalue weighted by atomic mass is 10.1. The monoisotopic (exact) mass is 449 g/mol. The first-order valence-corrected chi connectivity index (χ1v) is 10.8. The van der Waals surface area contributed by atoms with Gasteiger partial charge in [-0.2, -0.15) is 11.8 Å². The number of hydrogen-bond acceptors (Lipinski definition) is 8. The van der Waals surface area contributed by atoms with Crippen molar-refractivity contribution in [2.45, 2.75) is 70.1 Å². The Labute approximate surface area is 179 Å². The summed E-state index contributed by atoms with van der Waals surface area (Å²) in [5, 5.41) is 20.4. The van der Waals surface area contributed by atoms with Gasteiger partial charge in [0, 0.05) is 24.3 Å². The molecule has 7 N–H and O–H groups in total. The molecule has 0 spiro atoms. The molecule has 172 valence electrons. The summed E-state index contributed by atoms with van der Waals surface area (Å²) in [6.45, 7) is 2.03. The summed E-state index contributed by atoms with van der Waals surface area (Å²) in [7, 11) is 0. The predicted molar refractivity (Wildman–Crippen MR) is 110 cm³/mol. The number of aliphatic carboxylic acids is 2. The minimum Gasteiger partial charge on any atom is -0.480 e. The highest BCUT2D eigenvalue weighted by atomic mass is 32.2. The molecule has 0 rings (SSSR count). The third-order valence-corrected chi connectivity index (χ3v) is 5.11. The summed E-state index contributed by atoms with van der Waals surface area (Å²) in [6, 6.07) is -2.40. The van der Waals surface area contributed by atoms with Gasteiger partial charge in [0.25, 0.3) is 0 Å². The topological polar surface area (TPSA) is 199 Å². The lowest BCUT2D eigenvalue weighted by molar-refractivity contribution is -0.164. The van der Waals surface area contributed by atoms with E-state index in [1.54, 1.807) is 0 Å². The molecule has 0 fully saturated rings. The first kappa shape index (κ1) is 27.7. The van der Waals surface area contributed by atoms with Crippen LogP contribution in [0.5, 0.6) is 0 Å². The highest BCUT2D eigenvalue weighted by molar-refractivity contribution is 7.99. The maximum absolute atomic E-state index is 12.4. The van der Waals surface area contributed by atoms with E-state index in [1.165, 1.54) is 0 Å². The molecule has 0 aromatic carbocycles. The van der Waals surface area contributed by atoms with Crippen LogP contribution in [0.1, 0.15) is 51.9 Å². The third kappa shape index (κ3) is 13.0. The van der Waals surface area contributed by atoms with Crippen molar-refractivity contribution in [3.63, 3.8) is 0 Å². The molecule has 0 saturated carbocycles. The zero-order valence-corrected chi connectivity index (χ0v) is 17.8. The van der Waals surface area contributed by atoms with Gasteiger partial charge in [-0.05, 0) is 12.8 Å². The smallest absolute Gasteiger partial charge is 0.345 e. The minimum absolute atomic E-state index is 0.0732. The molecule has 3 atom stereocenters. The van der Waals surface area contributed by atoms with Crippen LogP contribution in [0.4, 0.5) is 0 Å². The number of carbonyl (C=O) groups is 5. The van der Waals surface area contributed by atoms with Gasteiger partial charge in [0.05, 0.1) is 0 Å². The van der Waals surface area contributed by atoms with Crippen LogP contribution >= 0.6 is 11.8 Å². The van der Waals surface area contributed by atoms with Crippen LogP contribution < -0.4 is 16.8 Å². The van der Waals surface area contributed by atoms with Gasteiger partial charge in [0.1, 0.15) is 12.1 Å². The first-order chi connectivity index (χ1) is 14.1. The quantitative estimate of drug-likeness (QED) is 0.147. The number of ether oxygens (including phenoxy) is 1. The van der Waals surface area contributed by atoms with Crippen molar-refractivity contribution in [3.8, 4) is 0 Å². The fraction of sp³-hybridized carbons (Fsp3) is 0.722. The number of unbranched alkanes of at least 4 members (excludes halogenated alkanes) is 3. The van der Waals surface area contributed by atoms with Gasteiger partial charge in [-0.1, -0.05) is 26.2 Å². The average Bonchev–Trinajstić information content (AvgIpc) is 2.66. The second-order valence-electron chi connectivity index (χ2n) is 6.68. The van der Waals surface area contributed by atoms with Crippen molar-refractivity contribution >= 4 is 41.5 Å². The number of carboxylic acid groups (broad SMARTS) is 2. The average molecular weight is 450 g/mol. The van der Waals surface area contributed by atoms with Gasteiger partial charge in [0.2, 0.25) is 17.9 Å². The van der Waals surface area contributed by atoms with E-state index in [-0.39, 0.29) is 30.8 Å². The Morgan fingerprint density at radius 1 is 1.00 bits per heavy atom. The summed E-state index contributed by atoms with van der Waals surface area (Å²) >= 11 is 0.902. The van der Waals surface area contributed by atoms with Crippen molar-refractivity contribution in [2.75, 3.05) is 11.5 Å². The summed E-state index contributed by atoms with van der Waals surface area (Å²) in [5.41, 5.74) is 10.4. The Balaban J connectivity index is 4.86. The van der Waals surface area contributed by atoms with Crippen molar-refractivity contribution in [3.05, 3.63) is 0 Å². The van der Waals surface area contributed by atoms with Gasteiger partial charge >= 0.3 is 17.9 Å². The van der Waals surface area contributed by atoms with E-state index in [9.17, 15) is 29.1 Å². The van der Waals surface area contributed by atoms with Crippen LogP contribution in [-0.2, 0) is 28.7 Å². The first-order valence-electron chi connectivity index (χ1n) is 9.65. The van der Waals surface area contributed by atoms with Crippen molar-refractivity contribution in [1.82, 2.24) is 5.32 Å². The zero-order chi connectivity index (χ0) is 23.1. The number of nitrogens with two attached hydrogens (primary N) is 2. The van der Waals surface area contributed by atoms with Crippen molar-refractivity contribution in [2.24, 2.45) is 11.5 Å². The van der Waals surface area contributed by atoms with Crippen molar-refractivity contribution in [1.29, 1.82) is 0 Å². The van der Waals surface area contributed by atoms with E-state index >= 15 is 0 Å². The Morgan fingerprint density at radius 2 is 1.67 bits per heavy atom. The van der Waals surface area contributed by atoms with E-state index in [1.807, 2.05) is 6.92 Å². The number of thioether (sulfide) groups is 1. The van der Waals surface area contributed by atoms with Gasteiger partial charge < -0.3 is 31.7 Å². The Bertz CT molecular complexity index is 602. The summed E-state index contributed by atoms with van der Waals surface area (Å²) < 4.78 is 4.98. The number of primary amides is 1. The van der Waals surface area contributed by atoms with E-state index < -0.39 is 47.9 Å². The molecule has 0 aliphatic rings. The van der Waals surface area contributed by atoms with Crippen LogP contribution in [0.15, 0.2) is 0 Å². The Hall–Kier alpha value is -2.34. The maximum Gasteiger partial charge on any atom is 0.345 e. The van der Waals surface area contributed by atoms with Gasteiger partial charge in [-0.15, -0.1) is 0 Å². The molecule has 30 heavy (non-hydrogen) atoms. The number of rotatable bonds is 17. The number of hydrogen-bond donors (Lipinski definition) is 5. The van der Waals surface area contributed by atoms with Gasteiger partial charge in [0.15, 0.2) is 0 Å². The number of esters is 1.